The second-order valence-corrected chi connectivity index (χ2v) is 5.22. The van der Waals surface area contributed by atoms with E-state index in [4.69, 9.17) is 9.15 Å². The van der Waals surface area contributed by atoms with E-state index in [0.29, 0.717) is 32.2 Å². The number of oxazole rings is 1. The summed E-state index contributed by atoms with van der Waals surface area (Å²) in [6.07, 6.45) is 0. The number of hydrogen-bond acceptors (Lipinski definition) is 5. The van der Waals surface area contributed by atoms with E-state index in [1.165, 1.54) is 0 Å². The molecule has 1 fully saturated rings. The number of aryl methyl sites for hydroxylation is 1. The minimum Gasteiger partial charge on any atom is -0.441 e. The number of nitrogens with zero attached hydrogens (tertiary/aromatic N) is 2. The van der Waals surface area contributed by atoms with Gasteiger partial charge >= 0.3 is 0 Å². The van der Waals surface area contributed by atoms with Crippen molar-refractivity contribution in [3.63, 3.8) is 0 Å². The van der Waals surface area contributed by atoms with Gasteiger partial charge in [-0.1, -0.05) is 0 Å². The molecule has 1 amide bonds. The summed E-state index contributed by atoms with van der Waals surface area (Å²) in [6.45, 7) is 6.23. The van der Waals surface area contributed by atoms with Gasteiger partial charge in [0.2, 0.25) is 5.91 Å². The van der Waals surface area contributed by atoms with Crippen LogP contribution in [-0.4, -0.2) is 48.1 Å². The van der Waals surface area contributed by atoms with E-state index < -0.39 is 0 Å². The molecule has 0 aliphatic carbocycles. The fourth-order valence-electron chi connectivity index (χ4n) is 2.50. The quantitative estimate of drug-likeness (QED) is 0.933. The van der Waals surface area contributed by atoms with Gasteiger partial charge in [0.1, 0.15) is 11.6 Å². The zero-order valence-electron chi connectivity index (χ0n) is 12.3. The molecule has 0 radical (unpaired) electrons. The predicted octanol–water partition coefficient (Wildman–Crippen LogP) is 1.80. The lowest BCUT2D eigenvalue weighted by Crippen LogP contribution is -2.46. The first kappa shape index (κ1) is 13.9. The number of amides is 1. The number of ether oxygens (including phenoxy) is 1. The van der Waals surface area contributed by atoms with Gasteiger partial charge in [0.15, 0.2) is 11.5 Å². The number of aromatic nitrogens is 1. The first-order chi connectivity index (χ1) is 10.1. The Kier molecular flexibility index (Phi) is 3.79. The van der Waals surface area contributed by atoms with Crippen molar-refractivity contribution in [2.75, 3.05) is 31.6 Å². The maximum atomic E-state index is 12.3. The van der Waals surface area contributed by atoms with Gasteiger partial charge < -0.3 is 19.4 Å². The van der Waals surface area contributed by atoms with E-state index in [1.807, 2.05) is 36.9 Å². The Bertz CT molecular complexity index is 647. The van der Waals surface area contributed by atoms with Gasteiger partial charge in [0.05, 0.1) is 13.2 Å². The Morgan fingerprint density at radius 2 is 2.14 bits per heavy atom. The van der Waals surface area contributed by atoms with Crippen molar-refractivity contribution in [2.24, 2.45) is 0 Å². The summed E-state index contributed by atoms with van der Waals surface area (Å²) in [5.74, 6) is 0.731. The Morgan fingerprint density at radius 3 is 2.90 bits per heavy atom. The van der Waals surface area contributed by atoms with Crippen LogP contribution >= 0.6 is 0 Å². The monoisotopic (exact) mass is 289 g/mol. The lowest BCUT2D eigenvalue weighted by atomic mass is 10.2. The minimum absolute atomic E-state index is 0.0923. The van der Waals surface area contributed by atoms with Gasteiger partial charge in [0.25, 0.3) is 0 Å². The van der Waals surface area contributed by atoms with Crippen LogP contribution in [0.1, 0.15) is 12.8 Å². The average molecular weight is 289 g/mol. The SMILES string of the molecule is Cc1nc2cc(N[C@@H](C)C(=O)N3CCOCC3)ccc2o1. The molecule has 1 aromatic carbocycles. The molecule has 1 aliphatic heterocycles. The molecule has 1 aromatic heterocycles. The molecule has 2 heterocycles. The van der Waals surface area contributed by atoms with Gasteiger partial charge in [0, 0.05) is 25.7 Å². The fraction of sp³-hybridized carbons (Fsp3) is 0.467. The zero-order valence-corrected chi connectivity index (χ0v) is 12.3. The van der Waals surface area contributed by atoms with Crippen LogP contribution in [0, 0.1) is 6.92 Å². The molecule has 6 nitrogen and oxygen atoms in total. The molecule has 1 aliphatic rings. The van der Waals surface area contributed by atoms with Crippen molar-refractivity contribution in [1.29, 1.82) is 0 Å². The normalized spacial score (nSPS) is 17.0. The summed E-state index contributed by atoms with van der Waals surface area (Å²) in [7, 11) is 0. The highest BCUT2D eigenvalue weighted by Crippen LogP contribution is 2.20. The van der Waals surface area contributed by atoms with Crippen molar-refractivity contribution >= 4 is 22.7 Å². The Morgan fingerprint density at radius 1 is 1.38 bits per heavy atom. The number of benzene rings is 1. The predicted molar refractivity (Wildman–Crippen MR) is 79.2 cm³/mol. The highest BCUT2D eigenvalue weighted by atomic mass is 16.5. The van der Waals surface area contributed by atoms with E-state index >= 15 is 0 Å². The lowest BCUT2D eigenvalue weighted by molar-refractivity contribution is -0.135. The second-order valence-electron chi connectivity index (χ2n) is 5.22. The molecule has 0 unspecified atom stereocenters. The highest BCUT2D eigenvalue weighted by Gasteiger charge is 2.22. The molecular weight excluding hydrogens is 270 g/mol. The third-order valence-corrected chi connectivity index (χ3v) is 3.57. The highest BCUT2D eigenvalue weighted by molar-refractivity contribution is 5.85. The summed E-state index contributed by atoms with van der Waals surface area (Å²) >= 11 is 0. The van der Waals surface area contributed by atoms with Crippen molar-refractivity contribution in [1.82, 2.24) is 9.88 Å². The minimum atomic E-state index is -0.284. The number of morpholine rings is 1. The van der Waals surface area contributed by atoms with E-state index in [-0.39, 0.29) is 11.9 Å². The molecule has 3 rings (SSSR count). The molecule has 0 saturated carbocycles. The Balaban J connectivity index is 1.69. The maximum absolute atomic E-state index is 12.3. The standard InChI is InChI=1S/C15H19N3O3/c1-10(15(19)18-5-7-20-8-6-18)16-12-3-4-14-13(9-12)17-11(2)21-14/h3-4,9-10,16H,5-8H2,1-2H3/t10-/m0/s1. The largest absolute Gasteiger partial charge is 0.441 e. The summed E-state index contributed by atoms with van der Waals surface area (Å²) in [5.41, 5.74) is 2.42. The first-order valence-corrected chi connectivity index (χ1v) is 7.14. The Labute approximate surface area is 123 Å². The third kappa shape index (κ3) is 3.00. The van der Waals surface area contributed by atoms with Crippen LogP contribution in [0.15, 0.2) is 22.6 Å². The lowest BCUT2D eigenvalue weighted by Gasteiger charge is -2.29. The van der Waals surface area contributed by atoms with Crippen LogP contribution in [0.25, 0.3) is 11.1 Å². The van der Waals surface area contributed by atoms with Crippen LogP contribution < -0.4 is 5.32 Å². The van der Waals surface area contributed by atoms with Crippen LogP contribution in [0.4, 0.5) is 5.69 Å². The topological polar surface area (TPSA) is 67.6 Å². The molecule has 112 valence electrons. The number of fused-ring (bicyclic) bond motifs is 1. The number of rotatable bonds is 3. The fourth-order valence-corrected chi connectivity index (χ4v) is 2.50. The van der Waals surface area contributed by atoms with Gasteiger partial charge in [-0.25, -0.2) is 4.98 Å². The Hall–Kier alpha value is -2.08. The van der Waals surface area contributed by atoms with Crippen LogP contribution in [-0.2, 0) is 9.53 Å². The maximum Gasteiger partial charge on any atom is 0.244 e. The zero-order chi connectivity index (χ0) is 14.8. The first-order valence-electron chi connectivity index (χ1n) is 7.14. The molecule has 21 heavy (non-hydrogen) atoms. The van der Waals surface area contributed by atoms with Gasteiger partial charge in [-0.15, -0.1) is 0 Å². The molecule has 1 N–H and O–H groups in total. The van der Waals surface area contributed by atoms with E-state index in [1.54, 1.807) is 0 Å². The van der Waals surface area contributed by atoms with Gasteiger partial charge in [-0.05, 0) is 25.1 Å². The number of nitrogens with one attached hydrogen (secondary N) is 1. The second kappa shape index (κ2) is 5.73. The molecule has 1 atom stereocenters. The summed E-state index contributed by atoms with van der Waals surface area (Å²) < 4.78 is 10.7. The average Bonchev–Trinajstić information content (AvgIpc) is 2.86. The van der Waals surface area contributed by atoms with Crippen molar-refractivity contribution < 1.29 is 13.9 Å². The van der Waals surface area contributed by atoms with Crippen LogP contribution in [0.5, 0.6) is 0 Å². The van der Waals surface area contributed by atoms with Crippen LogP contribution in [0.2, 0.25) is 0 Å². The summed E-state index contributed by atoms with van der Waals surface area (Å²) in [6, 6.07) is 5.38. The van der Waals surface area contributed by atoms with Gasteiger partial charge in [-0.2, -0.15) is 0 Å². The molecule has 1 saturated heterocycles. The van der Waals surface area contributed by atoms with E-state index in [2.05, 4.69) is 10.3 Å². The van der Waals surface area contributed by atoms with Crippen molar-refractivity contribution in [3.8, 4) is 0 Å². The summed E-state index contributed by atoms with van der Waals surface area (Å²) in [5, 5.41) is 3.23. The van der Waals surface area contributed by atoms with Crippen molar-refractivity contribution in [2.45, 2.75) is 19.9 Å². The van der Waals surface area contributed by atoms with E-state index in [9.17, 15) is 4.79 Å². The molecule has 0 bridgehead atoms. The van der Waals surface area contributed by atoms with Gasteiger partial charge in [-0.3, -0.25) is 4.79 Å². The number of anilines is 1. The number of carbonyl (C=O) groups is 1. The smallest absolute Gasteiger partial charge is 0.244 e. The molecule has 6 heteroatoms. The number of hydrogen-bond donors (Lipinski definition) is 1. The van der Waals surface area contributed by atoms with Crippen LogP contribution in [0.3, 0.4) is 0 Å². The number of carbonyl (C=O) groups excluding carboxylic acids is 1. The molecule has 2 aromatic rings. The summed E-state index contributed by atoms with van der Waals surface area (Å²) in [4.78, 5) is 18.5. The molecule has 0 spiro atoms. The van der Waals surface area contributed by atoms with E-state index in [0.717, 1.165) is 16.8 Å². The third-order valence-electron chi connectivity index (χ3n) is 3.57. The van der Waals surface area contributed by atoms with Crippen molar-refractivity contribution in [3.05, 3.63) is 24.1 Å². The molecular formula is C15H19N3O3.